The van der Waals surface area contributed by atoms with E-state index in [1.165, 1.54) is 0 Å². The lowest BCUT2D eigenvalue weighted by Gasteiger charge is -2.21. The maximum atomic E-state index is 12.6. The highest BCUT2D eigenvalue weighted by Crippen LogP contribution is 2.42. The second-order valence-corrected chi connectivity index (χ2v) is 14.2. The molecule has 1 amide bonds. The summed E-state index contributed by atoms with van der Waals surface area (Å²) < 4.78 is 6.93. The summed E-state index contributed by atoms with van der Waals surface area (Å²) in [7, 11) is -1.09. The Labute approximate surface area is 142 Å². The Kier molecular flexibility index (Phi) is 4.85. The molecule has 0 saturated heterocycles. The lowest BCUT2D eigenvalue weighted by Crippen LogP contribution is -2.38. The number of halogens is 1. The summed E-state index contributed by atoms with van der Waals surface area (Å²) in [6.07, 6.45) is 0. The van der Waals surface area contributed by atoms with E-state index < -0.39 is 13.5 Å². The van der Waals surface area contributed by atoms with Crippen LogP contribution in [-0.4, -0.2) is 27.3 Å². The summed E-state index contributed by atoms with van der Waals surface area (Å²) in [5.74, 6) is 0.132. The van der Waals surface area contributed by atoms with Crippen LogP contribution in [0.5, 0.6) is 0 Å². The molecule has 21 heavy (non-hydrogen) atoms. The van der Waals surface area contributed by atoms with Crippen molar-refractivity contribution in [2.45, 2.75) is 44.9 Å². The molecule has 1 aliphatic heterocycles. The van der Waals surface area contributed by atoms with Crippen LogP contribution < -0.4 is 4.90 Å². The van der Waals surface area contributed by atoms with Gasteiger partial charge in [0.05, 0.1) is 11.1 Å². The number of rotatable bonds is 5. The monoisotopic (exact) mass is 417 g/mol. The molecule has 1 aromatic rings. The number of amides is 1. The van der Waals surface area contributed by atoms with Gasteiger partial charge in [-0.25, -0.2) is 0 Å². The van der Waals surface area contributed by atoms with E-state index in [2.05, 4.69) is 60.4 Å². The number of ether oxygens (including phenoxy) is 1. The molecule has 5 heteroatoms. The summed E-state index contributed by atoms with van der Waals surface area (Å²) in [4.78, 5) is 14.4. The van der Waals surface area contributed by atoms with Crippen LogP contribution >= 0.6 is 22.6 Å². The third-order valence-corrected chi connectivity index (χ3v) is 6.30. The standard InChI is InChI=1S/C16H24INO2Si/c1-16(2)13-7-6-12(17)10-14(13)18(15(16)19)11-20-8-9-21(3,4)5/h6-7,10H,8-9,11H2,1-5H3. The van der Waals surface area contributed by atoms with Gasteiger partial charge in [-0.3, -0.25) is 9.69 Å². The highest BCUT2D eigenvalue weighted by molar-refractivity contribution is 14.1. The Bertz CT molecular complexity index is 552. The summed E-state index contributed by atoms with van der Waals surface area (Å²) >= 11 is 2.28. The number of carbonyl (C=O) groups is 1. The Balaban J connectivity index is 2.11. The molecule has 0 fully saturated rings. The SMILES string of the molecule is CC1(C)C(=O)N(COCC[Si](C)(C)C)c2cc(I)ccc21. The number of benzene rings is 1. The molecule has 0 spiro atoms. The number of anilines is 1. The zero-order chi connectivity index (χ0) is 15.8. The summed E-state index contributed by atoms with van der Waals surface area (Å²) in [5, 5.41) is 0. The fourth-order valence-corrected chi connectivity index (χ4v) is 3.71. The van der Waals surface area contributed by atoms with Gasteiger partial charge in [-0.2, -0.15) is 0 Å². The van der Waals surface area contributed by atoms with Crippen molar-refractivity contribution >= 4 is 42.3 Å². The molecule has 0 aromatic heterocycles. The third-order valence-electron chi connectivity index (χ3n) is 3.92. The smallest absolute Gasteiger partial charge is 0.239 e. The van der Waals surface area contributed by atoms with E-state index in [-0.39, 0.29) is 5.91 Å². The molecule has 0 N–H and O–H groups in total. The number of fused-ring (bicyclic) bond motifs is 1. The van der Waals surface area contributed by atoms with E-state index in [1.807, 2.05) is 13.8 Å². The quantitative estimate of drug-likeness (QED) is 0.408. The minimum Gasteiger partial charge on any atom is -0.361 e. The predicted octanol–water partition coefficient (Wildman–Crippen LogP) is 4.23. The topological polar surface area (TPSA) is 29.5 Å². The largest absolute Gasteiger partial charge is 0.361 e. The van der Waals surface area contributed by atoms with Crippen molar-refractivity contribution in [1.82, 2.24) is 0 Å². The first kappa shape index (κ1) is 17.0. The van der Waals surface area contributed by atoms with E-state index in [9.17, 15) is 4.79 Å². The van der Waals surface area contributed by atoms with Gasteiger partial charge < -0.3 is 4.74 Å². The highest BCUT2D eigenvalue weighted by Gasteiger charge is 2.43. The van der Waals surface area contributed by atoms with Crippen LogP contribution in [0.3, 0.4) is 0 Å². The van der Waals surface area contributed by atoms with Gasteiger partial charge in [-0.1, -0.05) is 25.7 Å². The van der Waals surface area contributed by atoms with Gasteiger partial charge in [0.25, 0.3) is 0 Å². The third kappa shape index (κ3) is 3.68. The van der Waals surface area contributed by atoms with Crippen LogP contribution in [0.1, 0.15) is 19.4 Å². The molecule has 2 rings (SSSR count). The van der Waals surface area contributed by atoms with Gasteiger partial charge in [0.1, 0.15) is 6.73 Å². The number of hydrogen-bond acceptors (Lipinski definition) is 2. The van der Waals surface area contributed by atoms with Crippen molar-refractivity contribution in [2.24, 2.45) is 0 Å². The molecule has 3 nitrogen and oxygen atoms in total. The van der Waals surface area contributed by atoms with Crippen molar-refractivity contribution < 1.29 is 9.53 Å². The molecular formula is C16H24INO2Si. The molecule has 116 valence electrons. The Hall–Kier alpha value is -0.403. The fourth-order valence-electron chi connectivity index (χ4n) is 2.48. The fraction of sp³-hybridized carbons (Fsp3) is 0.562. The van der Waals surface area contributed by atoms with E-state index in [0.717, 1.165) is 27.5 Å². The minimum atomic E-state index is -1.09. The molecule has 0 aliphatic carbocycles. The van der Waals surface area contributed by atoms with Gasteiger partial charge in [0.2, 0.25) is 5.91 Å². The van der Waals surface area contributed by atoms with Crippen LogP contribution in [0, 0.1) is 3.57 Å². The molecule has 0 unspecified atom stereocenters. The molecule has 0 atom stereocenters. The van der Waals surface area contributed by atoms with Crippen molar-refractivity contribution in [3.8, 4) is 0 Å². The van der Waals surface area contributed by atoms with E-state index in [1.54, 1.807) is 4.90 Å². The first-order valence-electron chi connectivity index (χ1n) is 7.33. The molecule has 1 aromatic carbocycles. The molecule has 0 bridgehead atoms. The normalized spacial score (nSPS) is 17.2. The van der Waals surface area contributed by atoms with E-state index in [4.69, 9.17) is 4.74 Å². The van der Waals surface area contributed by atoms with Crippen LogP contribution in [0.15, 0.2) is 18.2 Å². The minimum absolute atomic E-state index is 0.132. The first-order valence-corrected chi connectivity index (χ1v) is 12.1. The molecule has 0 radical (unpaired) electrons. The average molecular weight is 417 g/mol. The van der Waals surface area contributed by atoms with Crippen molar-refractivity contribution in [2.75, 3.05) is 18.2 Å². The van der Waals surface area contributed by atoms with Crippen LogP contribution in [0.4, 0.5) is 5.69 Å². The molecule has 0 saturated carbocycles. The number of nitrogens with zero attached hydrogens (tertiary/aromatic N) is 1. The van der Waals surface area contributed by atoms with Crippen molar-refractivity contribution in [3.63, 3.8) is 0 Å². The van der Waals surface area contributed by atoms with Gasteiger partial charge >= 0.3 is 0 Å². The zero-order valence-corrected chi connectivity index (χ0v) is 16.7. The van der Waals surface area contributed by atoms with Crippen molar-refractivity contribution in [3.05, 3.63) is 27.3 Å². The van der Waals surface area contributed by atoms with Crippen LogP contribution in [-0.2, 0) is 14.9 Å². The molecular weight excluding hydrogens is 393 g/mol. The summed E-state index contributed by atoms with van der Waals surface area (Å²) in [6, 6.07) is 7.32. The van der Waals surface area contributed by atoms with E-state index in [0.29, 0.717) is 6.73 Å². The average Bonchev–Trinajstić information content (AvgIpc) is 2.53. The molecule has 1 aliphatic rings. The number of hydrogen-bond donors (Lipinski definition) is 0. The van der Waals surface area contributed by atoms with Crippen LogP contribution in [0.2, 0.25) is 25.7 Å². The maximum Gasteiger partial charge on any atom is 0.239 e. The Morgan fingerprint density at radius 3 is 2.57 bits per heavy atom. The van der Waals surface area contributed by atoms with Gasteiger partial charge in [-0.05, 0) is 60.2 Å². The Morgan fingerprint density at radius 1 is 1.29 bits per heavy atom. The zero-order valence-electron chi connectivity index (χ0n) is 13.5. The number of carbonyl (C=O) groups excluding carboxylic acids is 1. The van der Waals surface area contributed by atoms with Gasteiger partial charge in [-0.15, -0.1) is 0 Å². The lowest BCUT2D eigenvalue weighted by atomic mass is 9.86. The van der Waals surface area contributed by atoms with Gasteiger partial charge in [0, 0.05) is 18.3 Å². The van der Waals surface area contributed by atoms with Crippen LogP contribution in [0.25, 0.3) is 0 Å². The highest BCUT2D eigenvalue weighted by atomic mass is 127. The van der Waals surface area contributed by atoms with Gasteiger partial charge in [0.15, 0.2) is 0 Å². The second kappa shape index (κ2) is 6.00. The van der Waals surface area contributed by atoms with E-state index >= 15 is 0 Å². The first-order chi connectivity index (χ1) is 9.63. The van der Waals surface area contributed by atoms with Crippen molar-refractivity contribution in [1.29, 1.82) is 0 Å². The predicted molar refractivity (Wildman–Crippen MR) is 98.6 cm³/mol. The Morgan fingerprint density at radius 2 is 1.95 bits per heavy atom. The lowest BCUT2D eigenvalue weighted by molar-refractivity contribution is -0.123. The second-order valence-electron chi connectivity index (χ2n) is 7.37. The summed E-state index contributed by atoms with van der Waals surface area (Å²) in [6.45, 7) is 12.1. The summed E-state index contributed by atoms with van der Waals surface area (Å²) in [5.41, 5.74) is 1.65. The maximum absolute atomic E-state index is 12.6. The molecule has 1 heterocycles.